The molecule has 1 saturated heterocycles. The maximum Gasteiger partial charge on any atom is 0.293 e. The summed E-state index contributed by atoms with van der Waals surface area (Å²) in [6, 6.07) is 6.83. The minimum absolute atomic E-state index is 0.0718. The lowest BCUT2D eigenvalue weighted by molar-refractivity contribution is -0.122. The number of ether oxygens (including phenoxy) is 1. The first kappa shape index (κ1) is 23.5. The van der Waals surface area contributed by atoms with Crippen molar-refractivity contribution in [2.45, 2.75) is 39.2 Å². The second-order valence-corrected chi connectivity index (χ2v) is 8.55. The maximum atomic E-state index is 14.5. The molecule has 1 aliphatic heterocycles. The van der Waals surface area contributed by atoms with Crippen LogP contribution in [0.15, 0.2) is 35.3 Å². The highest BCUT2D eigenvalue weighted by Gasteiger charge is 2.17. The highest BCUT2D eigenvalue weighted by molar-refractivity contribution is 5.85. The molecule has 0 aliphatic carbocycles. The van der Waals surface area contributed by atoms with Crippen LogP contribution in [0.3, 0.4) is 0 Å². The Bertz CT molecular complexity index is 1250. The smallest absolute Gasteiger partial charge is 0.293 e. The number of amides is 1. The molecule has 1 amide bonds. The Kier molecular flexibility index (Phi) is 6.95. The third-order valence-electron chi connectivity index (χ3n) is 5.79. The van der Waals surface area contributed by atoms with Gasteiger partial charge in [-0.05, 0) is 57.4 Å². The fourth-order valence-electron chi connectivity index (χ4n) is 4.06. The van der Waals surface area contributed by atoms with E-state index in [4.69, 9.17) is 4.74 Å². The largest absolute Gasteiger partial charge is 0.478 e. The minimum atomic E-state index is -0.553. The maximum absolute atomic E-state index is 14.5. The van der Waals surface area contributed by atoms with Crippen molar-refractivity contribution >= 4 is 34.3 Å². The molecule has 9 nitrogen and oxygen atoms in total. The van der Waals surface area contributed by atoms with E-state index in [0.717, 1.165) is 25.9 Å². The number of benzene rings is 1. The molecule has 0 saturated carbocycles. The zero-order chi connectivity index (χ0) is 24.2. The van der Waals surface area contributed by atoms with Crippen molar-refractivity contribution in [3.8, 4) is 5.75 Å². The van der Waals surface area contributed by atoms with Crippen molar-refractivity contribution in [3.63, 3.8) is 0 Å². The Hall–Kier alpha value is -3.69. The van der Waals surface area contributed by atoms with Crippen LogP contribution in [0.1, 0.15) is 39.2 Å². The van der Waals surface area contributed by atoms with Gasteiger partial charge in [0, 0.05) is 37.3 Å². The number of likely N-dealkylation sites (N-methyl/N-ethyl adjacent to an activating group) is 1. The third kappa shape index (κ3) is 4.95. The van der Waals surface area contributed by atoms with E-state index in [1.54, 1.807) is 28.8 Å². The number of carbonyl (C=O) groups excluding carboxylic acids is 1. The van der Waals surface area contributed by atoms with Gasteiger partial charge in [0.15, 0.2) is 24.0 Å². The van der Waals surface area contributed by atoms with E-state index in [-0.39, 0.29) is 35.7 Å². The second-order valence-electron chi connectivity index (χ2n) is 8.55. The SMILES string of the molecule is CNC(=O)COc1cc2cc(Nc3nc(N4CCCCC4)ncc3F)ccc2n(C(C)C)c1=O. The normalized spacial score (nSPS) is 13.9. The van der Waals surface area contributed by atoms with Crippen molar-refractivity contribution in [3.05, 3.63) is 46.6 Å². The van der Waals surface area contributed by atoms with Crippen LogP contribution in [0.2, 0.25) is 0 Å². The molecule has 10 heteroatoms. The molecule has 1 aromatic carbocycles. The molecule has 4 rings (SSSR count). The van der Waals surface area contributed by atoms with Crippen LogP contribution in [0, 0.1) is 5.82 Å². The number of carbonyl (C=O) groups is 1. The molecule has 1 aliphatic rings. The summed E-state index contributed by atoms with van der Waals surface area (Å²) in [7, 11) is 1.50. The number of fused-ring (bicyclic) bond motifs is 1. The number of pyridine rings is 1. The van der Waals surface area contributed by atoms with Crippen molar-refractivity contribution in [2.75, 3.05) is 37.0 Å². The number of piperidine rings is 1. The summed E-state index contributed by atoms with van der Waals surface area (Å²) in [5.74, 6) is -0.231. The first-order valence-electron chi connectivity index (χ1n) is 11.4. The molecule has 2 aromatic heterocycles. The molecule has 34 heavy (non-hydrogen) atoms. The monoisotopic (exact) mass is 468 g/mol. The van der Waals surface area contributed by atoms with Crippen molar-refractivity contribution in [1.82, 2.24) is 19.9 Å². The van der Waals surface area contributed by atoms with Gasteiger partial charge in [0.1, 0.15) is 0 Å². The lowest BCUT2D eigenvalue weighted by atomic mass is 10.1. The van der Waals surface area contributed by atoms with Crippen molar-refractivity contribution < 1.29 is 13.9 Å². The van der Waals surface area contributed by atoms with Gasteiger partial charge in [0.25, 0.3) is 11.5 Å². The van der Waals surface area contributed by atoms with Gasteiger partial charge in [-0.2, -0.15) is 4.98 Å². The third-order valence-corrected chi connectivity index (χ3v) is 5.79. The summed E-state index contributed by atoms with van der Waals surface area (Å²) in [4.78, 5) is 35.2. The van der Waals surface area contributed by atoms with Gasteiger partial charge in [-0.3, -0.25) is 9.59 Å². The van der Waals surface area contributed by atoms with E-state index in [1.165, 1.54) is 19.7 Å². The number of halogens is 1. The zero-order valence-corrected chi connectivity index (χ0v) is 19.6. The number of rotatable bonds is 7. The molecule has 0 radical (unpaired) electrons. The van der Waals surface area contributed by atoms with Gasteiger partial charge in [0.05, 0.1) is 11.7 Å². The highest BCUT2D eigenvalue weighted by Crippen LogP contribution is 2.27. The molecule has 1 fully saturated rings. The average Bonchev–Trinajstić information content (AvgIpc) is 2.84. The first-order chi connectivity index (χ1) is 16.4. The molecule has 180 valence electrons. The lowest BCUT2D eigenvalue weighted by Gasteiger charge is -2.26. The number of nitrogens with zero attached hydrogens (tertiary/aromatic N) is 4. The van der Waals surface area contributed by atoms with Gasteiger partial charge < -0.3 is 24.8 Å². The van der Waals surface area contributed by atoms with E-state index in [2.05, 4.69) is 25.5 Å². The van der Waals surface area contributed by atoms with Crippen LogP contribution in [-0.4, -0.2) is 47.2 Å². The van der Waals surface area contributed by atoms with Crippen LogP contribution < -0.4 is 25.8 Å². The zero-order valence-electron chi connectivity index (χ0n) is 19.6. The summed E-state index contributed by atoms with van der Waals surface area (Å²) >= 11 is 0. The number of hydrogen-bond donors (Lipinski definition) is 2. The van der Waals surface area contributed by atoms with Crippen molar-refractivity contribution in [1.29, 1.82) is 0 Å². The lowest BCUT2D eigenvalue weighted by Crippen LogP contribution is -2.31. The van der Waals surface area contributed by atoms with E-state index < -0.39 is 5.82 Å². The second kappa shape index (κ2) is 10.1. The Morgan fingerprint density at radius 1 is 1.21 bits per heavy atom. The summed E-state index contributed by atoms with van der Waals surface area (Å²) in [6.45, 7) is 5.24. The van der Waals surface area contributed by atoms with Crippen LogP contribution in [0.4, 0.5) is 21.8 Å². The Balaban J connectivity index is 1.68. The molecule has 3 aromatic rings. The highest BCUT2D eigenvalue weighted by atomic mass is 19.1. The molecular weight excluding hydrogens is 439 g/mol. The fraction of sp³-hybridized carbons (Fsp3) is 0.417. The Morgan fingerprint density at radius 2 is 1.97 bits per heavy atom. The Labute approximate surface area is 197 Å². The summed E-state index contributed by atoms with van der Waals surface area (Å²) in [5, 5.41) is 6.21. The molecular formula is C24H29FN6O3. The number of nitrogens with one attached hydrogen (secondary N) is 2. The summed E-state index contributed by atoms with van der Waals surface area (Å²) < 4.78 is 21.6. The topological polar surface area (TPSA) is 101 Å². The van der Waals surface area contributed by atoms with Crippen LogP contribution in [0.25, 0.3) is 10.9 Å². The van der Waals surface area contributed by atoms with E-state index >= 15 is 0 Å². The van der Waals surface area contributed by atoms with Gasteiger partial charge in [0.2, 0.25) is 5.95 Å². The summed E-state index contributed by atoms with van der Waals surface area (Å²) in [6.07, 6.45) is 4.49. The first-order valence-corrected chi connectivity index (χ1v) is 11.4. The van der Waals surface area contributed by atoms with Gasteiger partial charge >= 0.3 is 0 Å². The average molecular weight is 469 g/mol. The van der Waals surface area contributed by atoms with Gasteiger partial charge in [-0.1, -0.05) is 0 Å². The van der Waals surface area contributed by atoms with E-state index in [0.29, 0.717) is 22.5 Å². The Morgan fingerprint density at radius 3 is 2.68 bits per heavy atom. The van der Waals surface area contributed by atoms with Crippen LogP contribution in [-0.2, 0) is 4.79 Å². The molecule has 0 unspecified atom stereocenters. The van der Waals surface area contributed by atoms with Gasteiger partial charge in [-0.25, -0.2) is 9.37 Å². The predicted molar refractivity (Wildman–Crippen MR) is 129 cm³/mol. The molecule has 3 heterocycles. The van der Waals surface area contributed by atoms with Crippen LogP contribution >= 0.6 is 0 Å². The quantitative estimate of drug-likeness (QED) is 0.548. The number of hydrogen-bond acceptors (Lipinski definition) is 7. The minimum Gasteiger partial charge on any atom is -0.478 e. The molecule has 0 spiro atoms. The number of aromatic nitrogens is 3. The standard InChI is InChI=1S/C24H29FN6O3/c1-15(2)31-19-8-7-17(11-16(19)12-20(23(31)33)34-14-21(32)26-3)28-22-18(25)13-27-24(29-22)30-9-5-4-6-10-30/h7-8,11-13,15H,4-6,9-10,14H2,1-3H3,(H,26,32)(H,27,28,29). The van der Waals surface area contributed by atoms with E-state index in [9.17, 15) is 14.0 Å². The molecule has 0 atom stereocenters. The van der Waals surface area contributed by atoms with Crippen molar-refractivity contribution in [2.24, 2.45) is 0 Å². The van der Waals surface area contributed by atoms with Crippen LogP contribution in [0.5, 0.6) is 5.75 Å². The van der Waals surface area contributed by atoms with E-state index in [1.807, 2.05) is 13.8 Å². The predicted octanol–water partition coefficient (Wildman–Crippen LogP) is 3.37. The number of anilines is 3. The molecule has 0 bridgehead atoms. The molecule has 2 N–H and O–H groups in total. The van der Waals surface area contributed by atoms with Gasteiger partial charge in [-0.15, -0.1) is 0 Å². The fourth-order valence-corrected chi connectivity index (χ4v) is 4.06. The summed E-state index contributed by atoms with van der Waals surface area (Å²) in [5.41, 5.74) is 0.982.